The third-order valence-corrected chi connectivity index (χ3v) is 7.77. The lowest BCUT2D eigenvalue weighted by Crippen LogP contribution is -2.46. The van der Waals surface area contributed by atoms with E-state index in [0.29, 0.717) is 18.7 Å². The van der Waals surface area contributed by atoms with Crippen LogP contribution in [0.25, 0.3) is 0 Å². The summed E-state index contributed by atoms with van der Waals surface area (Å²) >= 11 is 0. The van der Waals surface area contributed by atoms with Crippen LogP contribution in [-0.4, -0.2) is 52.6 Å². The van der Waals surface area contributed by atoms with Crippen molar-refractivity contribution < 1.29 is 31.5 Å². The van der Waals surface area contributed by atoms with Crippen molar-refractivity contribution in [3.05, 3.63) is 42.0 Å². The van der Waals surface area contributed by atoms with Gasteiger partial charge in [-0.05, 0) is 37.5 Å². The van der Waals surface area contributed by atoms with E-state index in [1.807, 2.05) is 0 Å². The number of aryl methyl sites for hydroxylation is 2. The fourth-order valence-corrected chi connectivity index (χ4v) is 5.65. The molecular formula is C21H27F3N4O4S. The van der Waals surface area contributed by atoms with Gasteiger partial charge in [0.05, 0.1) is 11.3 Å². The first-order chi connectivity index (χ1) is 15.4. The summed E-state index contributed by atoms with van der Waals surface area (Å²) in [5.74, 6) is -1.86. The quantitative estimate of drug-likeness (QED) is 0.650. The van der Waals surface area contributed by atoms with Gasteiger partial charge >= 0.3 is 6.18 Å². The largest absolute Gasteiger partial charge is 0.425 e. The molecule has 1 aliphatic rings. The predicted octanol–water partition coefficient (Wildman–Crippen LogP) is 3.07. The lowest BCUT2D eigenvalue weighted by Gasteiger charge is -2.29. The van der Waals surface area contributed by atoms with Crippen LogP contribution in [0.5, 0.6) is 0 Å². The molecular weight excluding hydrogens is 461 g/mol. The number of carbonyl (C=O) groups is 1. The van der Waals surface area contributed by atoms with Crippen LogP contribution >= 0.6 is 0 Å². The monoisotopic (exact) mass is 488 g/mol. The average molecular weight is 489 g/mol. The zero-order chi connectivity index (χ0) is 24.4. The van der Waals surface area contributed by atoms with Gasteiger partial charge in [-0.3, -0.25) is 4.79 Å². The number of nitrogens with zero attached hydrogens (tertiary/aromatic N) is 3. The second kappa shape index (κ2) is 9.43. The summed E-state index contributed by atoms with van der Waals surface area (Å²) in [5.41, 5.74) is -3.04. The van der Waals surface area contributed by atoms with Crippen LogP contribution in [0.4, 0.5) is 18.9 Å². The van der Waals surface area contributed by atoms with Gasteiger partial charge in [0.15, 0.2) is 5.82 Å². The van der Waals surface area contributed by atoms with Crippen molar-refractivity contribution in [1.82, 2.24) is 13.9 Å². The summed E-state index contributed by atoms with van der Waals surface area (Å²) in [4.78, 5) is 16.0. The minimum atomic E-state index is -5.17. The summed E-state index contributed by atoms with van der Waals surface area (Å²) in [5, 5.41) is 12.7. The minimum Gasteiger partial charge on any atom is -0.374 e. The summed E-state index contributed by atoms with van der Waals surface area (Å²) in [6, 6.07) is 4.12. The number of amides is 1. The molecule has 3 rings (SSSR count). The van der Waals surface area contributed by atoms with E-state index < -0.39 is 40.0 Å². The summed E-state index contributed by atoms with van der Waals surface area (Å²) in [6.07, 6.45) is -0.816. The maximum Gasteiger partial charge on any atom is 0.425 e. The molecule has 2 heterocycles. The van der Waals surface area contributed by atoms with Crippen LogP contribution in [0.15, 0.2) is 35.5 Å². The molecule has 0 radical (unpaired) electrons. The standard InChI is InChI=1S/C21H27F3N4O4S/c1-15-7-8-16(13-17(15)33(31,32)28-10-5-3-4-6-11-28)26-18(29)14-20(30,21(22,23)24)19-25-9-12-27(19)2/h7-9,12-13,30H,3-6,10-11,14H2,1-2H3,(H,26,29)/t20-/m1/s1. The normalized spacial score (nSPS) is 17.9. The number of carbonyl (C=O) groups excluding carboxylic acids is 1. The molecule has 1 aromatic carbocycles. The smallest absolute Gasteiger partial charge is 0.374 e. The Morgan fingerprint density at radius 1 is 1.18 bits per heavy atom. The first kappa shape index (κ1) is 25.2. The van der Waals surface area contributed by atoms with Crippen molar-refractivity contribution >= 4 is 21.6 Å². The van der Waals surface area contributed by atoms with E-state index in [1.165, 1.54) is 35.7 Å². The Bertz CT molecular complexity index is 1110. The SMILES string of the molecule is Cc1ccc(NC(=O)C[C@@](O)(c2nccn2C)C(F)(F)F)cc1S(=O)(=O)N1CCCCCC1. The molecule has 8 nitrogen and oxygen atoms in total. The van der Waals surface area contributed by atoms with Gasteiger partial charge in [-0.15, -0.1) is 0 Å². The molecule has 1 saturated heterocycles. The van der Waals surface area contributed by atoms with E-state index in [0.717, 1.165) is 36.4 Å². The molecule has 1 aliphatic heterocycles. The van der Waals surface area contributed by atoms with Gasteiger partial charge in [0.1, 0.15) is 0 Å². The highest BCUT2D eigenvalue weighted by Crippen LogP contribution is 2.41. The molecule has 1 atom stereocenters. The highest BCUT2D eigenvalue weighted by Gasteiger charge is 2.58. The van der Waals surface area contributed by atoms with Gasteiger partial charge in [-0.25, -0.2) is 13.4 Å². The number of aromatic nitrogens is 2. The van der Waals surface area contributed by atoms with E-state index in [4.69, 9.17) is 0 Å². The van der Waals surface area contributed by atoms with Crippen molar-refractivity contribution in [3.8, 4) is 0 Å². The Hall–Kier alpha value is -2.44. The molecule has 182 valence electrons. The van der Waals surface area contributed by atoms with Gasteiger partial charge in [-0.1, -0.05) is 18.9 Å². The zero-order valence-electron chi connectivity index (χ0n) is 18.4. The zero-order valence-corrected chi connectivity index (χ0v) is 19.2. The van der Waals surface area contributed by atoms with Gasteiger partial charge in [-0.2, -0.15) is 17.5 Å². The maximum absolute atomic E-state index is 13.7. The second-order valence-corrected chi connectivity index (χ2v) is 10.1. The molecule has 2 aromatic rings. The maximum atomic E-state index is 13.7. The summed E-state index contributed by atoms with van der Waals surface area (Å²) in [6.45, 7) is 2.39. The molecule has 0 saturated carbocycles. The van der Waals surface area contributed by atoms with Gasteiger partial charge in [0.25, 0.3) is 0 Å². The van der Waals surface area contributed by atoms with Gasteiger partial charge in [0.2, 0.25) is 21.5 Å². The summed E-state index contributed by atoms with van der Waals surface area (Å²) in [7, 11) is -2.56. The number of rotatable bonds is 6. The van der Waals surface area contributed by atoms with Crippen molar-refractivity contribution in [3.63, 3.8) is 0 Å². The number of sulfonamides is 1. The molecule has 0 bridgehead atoms. The molecule has 12 heteroatoms. The fraction of sp³-hybridized carbons (Fsp3) is 0.524. The molecule has 2 N–H and O–H groups in total. The Labute approximate surface area is 190 Å². The first-order valence-corrected chi connectivity index (χ1v) is 12.0. The lowest BCUT2D eigenvalue weighted by molar-refractivity contribution is -0.270. The molecule has 0 unspecified atom stereocenters. The fourth-order valence-electron chi connectivity index (χ4n) is 3.88. The second-order valence-electron chi connectivity index (χ2n) is 8.24. The Morgan fingerprint density at radius 2 is 1.82 bits per heavy atom. The van der Waals surface area contributed by atoms with Crippen LogP contribution in [0.1, 0.15) is 43.5 Å². The molecule has 1 aromatic heterocycles. The lowest BCUT2D eigenvalue weighted by atomic mass is 9.97. The van der Waals surface area contributed by atoms with Gasteiger partial charge < -0.3 is 15.0 Å². The number of aliphatic hydroxyl groups is 1. The van der Waals surface area contributed by atoms with E-state index in [9.17, 15) is 31.5 Å². The Morgan fingerprint density at radius 3 is 2.36 bits per heavy atom. The Kier molecular flexibility index (Phi) is 7.20. The number of benzene rings is 1. The number of alkyl halides is 3. The van der Waals surface area contributed by atoms with Crippen LogP contribution in [-0.2, 0) is 27.5 Å². The molecule has 0 aliphatic carbocycles. The molecule has 33 heavy (non-hydrogen) atoms. The van der Waals surface area contributed by atoms with Crippen molar-refractivity contribution in [1.29, 1.82) is 0 Å². The van der Waals surface area contributed by atoms with Crippen molar-refractivity contribution in [2.24, 2.45) is 7.05 Å². The van der Waals surface area contributed by atoms with Crippen LogP contribution in [0, 0.1) is 6.92 Å². The molecule has 1 amide bonds. The number of nitrogens with one attached hydrogen (secondary N) is 1. The minimum absolute atomic E-state index is 0.0163. The number of anilines is 1. The van der Waals surface area contributed by atoms with E-state index in [1.54, 1.807) is 6.92 Å². The number of imidazole rings is 1. The van der Waals surface area contributed by atoms with Crippen molar-refractivity contribution in [2.75, 3.05) is 18.4 Å². The highest BCUT2D eigenvalue weighted by molar-refractivity contribution is 7.89. The third-order valence-electron chi connectivity index (χ3n) is 5.73. The van der Waals surface area contributed by atoms with Gasteiger partial charge in [0, 0.05) is 38.2 Å². The third kappa shape index (κ3) is 5.22. The van der Waals surface area contributed by atoms with E-state index >= 15 is 0 Å². The topological polar surface area (TPSA) is 105 Å². The number of hydrogen-bond acceptors (Lipinski definition) is 5. The highest BCUT2D eigenvalue weighted by atomic mass is 32.2. The van der Waals surface area contributed by atoms with Crippen LogP contribution in [0.3, 0.4) is 0 Å². The molecule has 1 fully saturated rings. The number of hydrogen-bond donors (Lipinski definition) is 2. The van der Waals surface area contributed by atoms with E-state index in [-0.39, 0.29) is 10.6 Å². The number of halogens is 3. The van der Waals surface area contributed by atoms with Crippen LogP contribution in [0.2, 0.25) is 0 Å². The first-order valence-electron chi connectivity index (χ1n) is 10.5. The van der Waals surface area contributed by atoms with E-state index in [2.05, 4.69) is 10.3 Å². The Balaban J connectivity index is 1.85. The average Bonchev–Trinajstić information content (AvgIpc) is 2.97. The summed E-state index contributed by atoms with van der Waals surface area (Å²) < 4.78 is 69.8. The van der Waals surface area contributed by atoms with Crippen molar-refractivity contribution in [2.45, 2.75) is 55.7 Å². The predicted molar refractivity (Wildman–Crippen MR) is 115 cm³/mol. The molecule has 0 spiro atoms. The van der Waals surface area contributed by atoms with Crippen LogP contribution < -0.4 is 5.32 Å².